The van der Waals surface area contributed by atoms with Crippen molar-refractivity contribution in [3.05, 3.63) is 59.4 Å². The number of hydrogen-bond acceptors (Lipinski definition) is 1. The summed E-state index contributed by atoms with van der Waals surface area (Å²) in [5.74, 6) is 0. The number of carbonyl (C=O) groups is 1. The second-order valence-corrected chi connectivity index (χ2v) is 6.36. The highest BCUT2D eigenvalue weighted by atomic mass is 16.2. The molecule has 1 aliphatic carbocycles. The standard InChI is InChI=1S/C19H25N3O/c1-15-7-2-3-8-16(15)14-22-12-6-11-18(22)13-20-19(23)21-17-9-4-5-10-17/h2-3,6-8,11-12,17H,4-5,9-10,13-14H2,1H3,(H2,20,21,23). The summed E-state index contributed by atoms with van der Waals surface area (Å²) in [5.41, 5.74) is 3.72. The Balaban J connectivity index is 1.56. The fourth-order valence-corrected chi connectivity index (χ4v) is 3.21. The quantitative estimate of drug-likeness (QED) is 0.871. The minimum Gasteiger partial charge on any atom is -0.345 e. The van der Waals surface area contributed by atoms with Gasteiger partial charge >= 0.3 is 6.03 Å². The smallest absolute Gasteiger partial charge is 0.315 e. The first-order valence-corrected chi connectivity index (χ1v) is 8.45. The third kappa shape index (κ3) is 4.15. The highest BCUT2D eigenvalue weighted by Gasteiger charge is 2.16. The van der Waals surface area contributed by atoms with Gasteiger partial charge in [0.05, 0.1) is 6.54 Å². The molecule has 0 saturated heterocycles. The van der Waals surface area contributed by atoms with Crippen LogP contribution in [0.3, 0.4) is 0 Å². The molecular weight excluding hydrogens is 286 g/mol. The second-order valence-electron chi connectivity index (χ2n) is 6.36. The Morgan fingerprint density at radius 2 is 1.96 bits per heavy atom. The number of aromatic nitrogens is 1. The number of nitrogens with one attached hydrogen (secondary N) is 2. The minimum absolute atomic E-state index is 0.0551. The van der Waals surface area contributed by atoms with E-state index >= 15 is 0 Å². The van der Waals surface area contributed by atoms with Crippen molar-refractivity contribution in [1.29, 1.82) is 0 Å². The Bertz CT molecular complexity index is 656. The Kier molecular flexibility index (Phi) is 5.01. The summed E-state index contributed by atoms with van der Waals surface area (Å²) in [6.07, 6.45) is 6.74. The molecule has 0 aliphatic heterocycles. The van der Waals surface area contributed by atoms with Crippen LogP contribution in [0.15, 0.2) is 42.6 Å². The molecule has 1 fully saturated rings. The van der Waals surface area contributed by atoms with E-state index in [1.54, 1.807) is 0 Å². The molecule has 0 unspecified atom stereocenters. The molecule has 2 aromatic rings. The van der Waals surface area contributed by atoms with Crippen molar-refractivity contribution in [2.24, 2.45) is 0 Å². The largest absolute Gasteiger partial charge is 0.345 e. The maximum atomic E-state index is 12.0. The average Bonchev–Trinajstić information content (AvgIpc) is 3.19. The predicted molar refractivity (Wildman–Crippen MR) is 92.3 cm³/mol. The van der Waals surface area contributed by atoms with Crippen LogP contribution in [0.25, 0.3) is 0 Å². The topological polar surface area (TPSA) is 46.1 Å². The van der Waals surface area contributed by atoms with Crippen LogP contribution >= 0.6 is 0 Å². The lowest BCUT2D eigenvalue weighted by Crippen LogP contribution is -2.40. The molecule has 2 N–H and O–H groups in total. The average molecular weight is 311 g/mol. The number of rotatable bonds is 5. The first kappa shape index (κ1) is 15.7. The number of hydrogen-bond donors (Lipinski definition) is 2. The molecule has 1 aromatic heterocycles. The summed E-state index contributed by atoms with van der Waals surface area (Å²) in [6, 6.07) is 12.8. The van der Waals surface area contributed by atoms with E-state index in [2.05, 4.69) is 58.7 Å². The molecule has 3 rings (SSSR count). The van der Waals surface area contributed by atoms with Crippen LogP contribution in [-0.2, 0) is 13.1 Å². The summed E-state index contributed by atoms with van der Waals surface area (Å²) >= 11 is 0. The van der Waals surface area contributed by atoms with Crippen LogP contribution in [0.5, 0.6) is 0 Å². The zero-order valence-electron chi connectivity index (χ0n) is 13.7. The van der Waals surface area contributed by atoms with Crippen molar-refractivity contribution in [2.45, 2.75) is 51.7 Å². The van der Waals surface area contributed by atoms with Gasteiger partial charge in [-0.3, -0.25) is 0 Å². The Labute approximate surface area is 137 Å². The van der Waals surface area contributed by atoms with Gasteiger partial charge < -0.3 is 15.2 Å². The van der Waals surface area contributed by atoms with Gasteiger partial charge in [0.1, 0.15) is 0 Å². The minimum atomic E-state index is -0.0551. The maximum Gasteiger partial charge on any atom is 0.315 e. The van der Waals surface area contributed by atoms with Crippen LogP contribution in [-0.4, -0.2) is 16.6 Å². The third-order valence-corrected chi connectivity index (χ3v) is 4.65. The molecule has 2 amide bonds. The molecular formula is C19H25N3O. The lowest BCUT2D eigenvalue weighted by atomic mass is 10.1. The van der Waals surface area contributed by atoms with E-state index in [0.29, 0.717) is 12.6 Å². The summed E-state index contributed by atoms with van der Waals surface area (Å²) in [7, 11) is 0. The highest BCUT2D eigenvalue weighted by molar-refractivity contribution is 5.74. The van der Waals surface area contributed by atoms with Crippen molar-refractivity contribution >= 4 is 6.03 Å². The number of urea groups is 1. The van der Waals surface area contributed by atoms with Gasteiger partial charge in [0.15, 0.2) is 0 Å². The van der Waals surface area contributed by atoms with Gasteiger partial charge in [-0.2, -0.15) is 0 Å². The van der Waals surface area contributed by atoms with Crippen molar-refractivity contribution in [2.75, 3.05) is 0 Å². The number of aryl methyl sites for hydroxylation is 1. The van der Waals surface area contributed by atoms with E-state index in [-0.39, 0.29) is 6.03 Å². The number of benzene rings is 1. The SMILES string of the molecule is Cc1ccccc1Cn1cccc1CNC(=O)NC1CCCC1. The summed E-state index contributed by atoms with van der Waals surface area (Å²) in [5, 5.41) is 6.04. The molecule has 0 bridgehead atoms. The first-order valence-electron chi connectivity index (χ1n) is 8.45. The van der Waals surface area contributed by atoms with Crippen molar-refractivity contribution < 1.29 is 4.79 Å². The van der Waals surface area contributed by atoms with Gasteiger partial charge in [0.2, 0.25) is 0 Å². The van der Waals surface area contributed by atoms with Crippen molar-refractivity contribution in [3.63, 3.8) is 0 Å². The number of amides is 2. The van der Waals surface area contributed by atoms with Gasteiger partial charge in [-0.25, -0.2) is 4.79 Å². The van der Waals surface area contributed by atoms with Gasteiger partial charge in [-0.15, -0.1) is 0 Å². The van der Waals surface area contributed by atoms with E-state index in [1.807, 2.05) is 6.07 Å². The van der Waals surface area contributed by atoms with Gasteiger partial charge in [-0.1, -0.05) is 37.1 Å². The molecule has 0 spiro atoms. The van der Waals surface area contributed by atoms with Crippen LogP contribution in [0, 0.1) is 6.92 Å². The van der Waals surface area contributed by atoms with Crippen LogP contribution in [0.4, 0.5) is 4.79 Å². The monoisotopic (exact) mass is 311 g/mol. The fourth-order valence-electron chi connectivity index (χ4n) is 3.21. The zero-order valence-corrected chi connectivity index (χ0v) is 13.7. The highest BCUT2D eigenvalue weighted by Crippen LogP contribution is 2.17. The van der Waals surface area contributed by atoms with E-state index in [4.69, 9.17) is 0 Å². The molecule has 1 heterocycles. The molecule has 0 radical (unpaired) electrons. The lowest BCUT2D eigenvalue weighted by Gasteiger charge is -2.15. The van der Waals surface area contributed by atoms with E-state index in [0.717, 1.165) is 25.1 Å². The Morgan fingerprint density at radius 3 is 2.74 bits per heavy atom. The summed E-state index contributed by atoms with van der Waals surface area (Å²) < 4.78 is 2.19. The first-order chi connectivity index (χ1) is 11.2. The van der Waals surface area contributed by atoms with E-state index in [1.165, 1.54) is 24.0 Å². The number of carbonyl (C=O) groups excluding carboxylic acids is 1. The number of nitrogens with zero attached hydrogens (tertiary/aromatic N) is 1. The van der Waals surface area contributed by atoms with Gasteiger partial charge in [-0.05, 0) is 43.0 Å². The normalized spacial score (nSPS) is 14.8. The third-order valence-electron chi connectivity index (χ3n) is 4.65. The molecule has 1 aromatic carbocycles. The molecule has 0 atom stereocenters. The zero-order chi connectivity index (χ0) is 16.1. The molecule has 23 heavy (non-hydrogen) atoms. The summed E-state index contributed by atoms with van der Waals surface area (Å²) in [4.78, 5) is 12.0. The molecule has 122 valence electrons. The maximum absolute atomic E-state index is 12.0. The molecule has 4 heteroatoms. The van der Waals surface area contributed by atoms with Crippen LogP contribution in [0.2, 0.25) is 0 Å². The Hall–Kier alpha value is -2.23. The second kappa shape index (κ2) is 7.36. The molecule has 1 saturated carbocycles. The van der Waals surface area contributed by atoms with E-state index in [9.17, 15) is 4.79 Å². The van der Waals surface area contributed by atoms with Crippen molar-refractivity contribution in [1.82, 2.24) is 15.2 Å². The van der Waals surface area contributed by atoms with Gasteiger partial charge in [0, 0.05) is 24.5 Å². The van der Waals surface area contributed by atoms with E-state index < -0.39 is 0 Å². The Morgan fingerprint density at radius 1 is 1.17 bits per heavy atom. The van der Waals surface area contributed by atoms with Crippen molar-refractivity contribution in [3.8, 4) is 0 Å². The van der Waals surface area contributed by atoms with Crippen LogP contribution in [0.1, 0.15) is 42.5 Å². The fraction of sp³-hybridized carbons (Fsp3) is 0.421. The molecule has 1 aliphatic rings. The molecule has 4 nitrogen and oxygen atoms in total. The predicted octanol–water partition coefficient (Wildman–Crippen LogP) is 3.59. The van der Waals surface area contributed by atoms with Gasteiger partial charge in [0.25, 0.3) is 0 Å². The lowest BCUT2D eigenvalue weighted by molar-refractivity contribution is 0.236. The van der Waals surface area contributed by atoms with Crippen LogP contribution < -0.4 is 10.6 Å². The summed E-state index contributed by atoms with van der Waals surface area (Å²) in [6.45, 7) is 3.52.